The van der Waals surface area contributed by atoms with Gasteiger partial charge in [-0.05, 0) is 37.8 Å². The molecular formula is C14H17NO2. The summed E-state index contributed by atoms with van der Waals surface area (Å²) < 4.78 is 4.99. The number of ether oxygens (including phenoxy) is 1. The van der Waals surface area contributed by atoms with E-state index < -0.39 is 0 Å². The minimum Gasteiger partial charge on any atom is -0.464 e. The highest BCUT2D eigenvalue weighted by molar-refractivity contribution is 6.04. The normalized spacial score (nSPS) is 18.9. The van der Waals surface area contributed by atoms with Crippen LogP contribution in [0.4, 0.5) is 0 Å². The molecule has 1 aromatic rings. The summed E-state index contributed by atoms with van der Waals surface area (Å²) >= 11 is 0. The van der Waals surface area contributed by atoms with E-state index in [0.717, 1.165) is 24.1 Å². The van der Waals surface area contributed by atoms with Crippen LogP contribution < -0.4 is 0 Å². The zero-order valence-corrected chi connectivity index (χ0v) is 10.3. The second-order valence-electron chi connectivity index (χ2n) is 4.20. The van der Waals surface area contributed by atoms with Gasteiger partial charge in [-0.3, -0.25) is 4.99 Å². The van der Waals surface area contributed by atoms with Crippen LogP contribution in [0.3, 0.4) is 0 Å². The Morgan fingerprint density at radius 3 is 2.94 bits per heavy atom. The third kappa shape index (κ3) is 2.54. The Morgan fingerprint density at radius 2 is 2.24 bits per heavy atom. The fourth-order valence-corrected chi connectivity index (χ4v) is 2.10. The van der Waals surface area contributed by atoms with Crippen molar-refractivity contribution in [3.63, 3.8) is 0 Å². The molecule has 0 radical (unpaired) electrons. The smallest absolute Gasteiger partial charge is 0.330 e. The van der Waals surface area contributed by atoms with Crippen LogP contribution in [0.1, 0.15) is 30.9 Å². The van der Waals surface area contributed by atoms with Gasteiger partial charge in [-0.2, -0.15) is 0 Å². The van der Waals surface area contributed by atoms with Gasteiger partial charge in [0.2, 0.25) is 0 Å². The van der Waals surface area contributed by atoms with E-state index in [-0.39, 0.29) is 12.0 Å². The number of nitrogens with zero attached hydrogens (tertiary/aromatic N) is 1. The quantitative estimate of drug-likeness (QED) is 0.750. The van der Waals surface area contributed by atoms with Crippen molar-refractivity contribution in [1.82, 2.24) is 0 Å². The largest absolute Gasteiger partial charge is 0.464 e. The van der Waals surface area contributed by atoms with Crippen LogP contribution in [0, 0.1) is 6.92 Å². The second-order valence-corrected chi connectivity index (χ2v) is 4.20. The van der Waals surface area contributed by atoms with Gasteiger partial charge in [0.1, 0.15) is 6.04 Å². The predicted octanol–water partition coefficient (Wildman–Crippen LogP) is 2.51. The van der Waals surface area contributed by atoms with Gasteiger partial charge in [0.25, 0.3) is 0 Å². The van der Waals surface area contributed by atoms with Gasteiger partial charge in [-0.1, -0.05) is 24.3 Å². The molecular weight excluding hydrogens is 214 g/mol. The summed E-state index contributed by atoms with van der Waals surface area (Å²) in [6.07, 6.45) is 1.62. The van der Waals surface area contributed by atoms with Crippen molar-refractivity contribution in [3.8, 4) is 0 Å². The summed E-state index contributed by atoms with van der Waals surface area (Å²) in [5.41, 5.74) is 3.39. The van der Waals surface area contributed by atoms with Crippen LogP contribution in [0.2, 0.25) is 0 Å². The Kier molecular flexibility index (Phi) is 3.57. The van der Waals surface area contributed by atoms with Crippen LogP contribution >= 0.6 is 0 Å². The van der Waals surface area contributed by atoms with Gasteiger partial charge in [0.05, 0.1) is 6.61 Å². The monoisotopic (exact) mass is 231 g/mol. The molecule has 2 rings (SSSR count). The van der Waals surface area contributed by atoms with Crippen LogP contribution in [0.25, 0.3) is 0 Å². The Labute approximate surface area is 102 Å². The number of carbonyl (C=O) groups excluding carboxylic acids is 1. The van der Waals surface area contributed by atoms with Crippen molar-refractivity contribution in [2.75, 3.05) is 6.61 Å². The Morgan fingerprint density at radius 1 is 1.47 bits per heavy atom. The zero-order chi connectivity index (χ0) is 12.3. The number of hydrogen-bond acceptors (Lipinski definition) is 3. The van der Waals surface area contributed by atoms with E-state index in [0.29, 0.717) is 6.61 Å². The molecule has 1 atom stereocenters. The summed E-state index contributed by atoms with van der Waals surface area (Å²) in [7, 11) is 0. The fraction of sp³-hybridized carbons (Fsp3) is 0.429. The average molecular weight is 231 g/mol. The molecule has 1 aliphatic heterocycles. The zero-order valence-electron chi connectivity index (χ0n) is 10.3. The van der Waals surface area contributed by atoms with E-state index in [4.69, 9.17) is 4.74 Å². The number of esters is 1. The Hall–Kier alpha value is -1.64. The Balaban J connectivity index is 2.17. The number of carbonyl (C=O) groups is 1. The first-order chi connectivity index (χ1) is 8.22. The van der Waals surface area contributed by atoms with Gasteiger partial charge < -0.3 is 4.74 Å². The standard InChI is InChI=1S/C14H17NO2/c1-3-17-14(16)13-9-8-12(15-13)11-7-5-4-6-10(11)2/h4-7,13H,3,8-9H2,1-2H3/t13-/m1/s1. The molecule has 1 heterocycles. The predicted molar refractivity (Wildman–Crippen MR) is 67.4 cm³/mol. The highest BCUT2D eigenvalue weighted by Gasteiger charge is 2.26. The summed E-state index contributed by atoms with van der Waals surface area (Å²) in [6, 6.07) is 7.83. The summed E-state index contributed by atoms with van der Waals surface area (Å²) in [6.45, 7) is 4.30. The molecule has 0 saturated carbocycles. The molecule has 0 amide bonds. The molecule has 0 fully saturated rings. The minimum atomic E-state index is -0.301. The molecule has 0 unspecified atom stereocenters. The van der Waals surface area contributed by atoms with Crippen LogP contribution in [-0.4, -0.2) is 24.3 Å². The van der Waals surface area contributed by atoms with Gasteiger partial charge >= 0.3 is 5.97 Å². The van der Waals surface area contributed by atoms with Crippen LogP contribution in [0.5, 0.6) is 0 Å². The molecule has 0 bridgehead atoms. The lowest BCUT2D eigenvalue weighted by atomic mass is 10.0. The maximum Gasteiger partial charge on any atom is 0.330 e. The Bertz CT molecular complexity index is 451. The molecule has 1 aliphatic rings. The first kappa shape index (κ1) is 11.8. The molecule has 17 heavy (non-hydrogen) atoms. The lowest BCUT2D eigenvalue weighted by Gasteiger charge is -2.05. The first-order valence-electron chi connectivity index (χ1n) is 6.01. The van der Waals surface area contributed by atoms with E-state index in [9.17, 15) is 4.79 Å². The van der Waals surface area contributed by atoms with E-state index in [1.165, 1.54) is 5.56 Å². The number of rotatable bonds is 3. The van der Waals surface area contributed by atoms with Gasteiger partial charge in [-0.15, -0.1) is 0 Å². The third-order valence-corrected chi connectivity index (χ3v) is 2.98. The first-order valence-corrected chi connectivity index (χ1v) is 6.01. The number of aliphatic imine (C=N–C) groups is 1. The van der Waals surface area contributed by atoms with E-state index in [1.54, 1.807) is 0 Å². The summed E-state index contributed by atoms with van der Waals surface area (Å²) in [5.74, 6) is -0.198. The van der Waals surface area contributed by atoms with E-state index in [2.05, 4.69) is 24.0 Å². The molecule has 0 saturated heterocycles. The minimum absolute atomic E-state index is 0.198. The summed E-state index contributed by atoms with van der Waals surface area (Å²) in [4.78, 5) is 16.1. The number of aryl methyl sites for hydroxylation is 1. The number of hydrogen-bond donors (Lipinski definition) is 0. The number of benzene rings is 1. The topological polar surface area (TPSA) is 38.7 Å². The van der Waals surface area contributed by atoms with Gasteiger partial charge in [0, 0.05) is 5.71 Å². The van der Waals surface area contributed by atoms with Crippen molar-refractivity contribution in [1.29, 1.82) is 0 Å². The van der Waals surface area contributed by atoms with Gasteiger partial charge in [-0.25, -0.2) is 4.79 Å². The molecule has 0 spiro atoms. The van der Waals surface area contributed by atoms with Crippen molar-refractivity contribution in [3.05, 3.63) is 35.4 Å². The highest BCUT2D eigenvalue weighted by Crippen LogP contribution is 2.21. The van der Waals surface area contributed by atoms with E-state index in [1.807, 2.05) is 19.1 Å². The maximum atomic E-state index is 11.6. The van der Waals surface area contributed by atoms with Gasteiger partial charge in [0.15, 0.2) is 0 Å². The van der Waals surface area contributed by atoms with Crippen molar-refractivity contribution < 1.29 is 9.53 Å². The molecule has 1 aromatic carbocycles. The molecule has 0 aliphatic carbocycles. The lowest BCUT2D eigenvalue weighted by Crippen LogP contribution is -2.18. The molecule has 3 nitrogen and oxygen atoms in total. The molecule has 0 N–H and O–H groups in total. The average Bonchev–Trinajstić information content (AvgIpc) is 2.79. The SMILES string of the molecule is CCOC(=O)[C@H]1CCC(c2ccccc2C)=N1. The van der Waals surface area contributed by atoms with Crippen molar-refractivity contribution in [2.45, 2.75) is 32.7 Å². The van der Waals surface area contributed by atoms with Crippen molar-refractivity contribution in [2.24, 2.45) is 4.99 Å². The second kappa shape index (κ2) is 5.13. The summed E-state index contributed by atoms with van der Waals surface area (Å²) in [5, 5.41) is 0. The highest BCUT2D eigenvalue weighted by atomic mass is 16.5. The fourth-order valence-electron chi connectivity index (χ4n) is 2.10. The molecule has 0 aromatic heterocycles. The van der Waals surface area contributed by atoms with Crippen molar-refractivity contribution >= 4 is 11.7 Å². The van der Waals surface area contributed by atoms with Crippen LogP contribution in [-0.2, 0) is 9.53 Å². The maximum absolute atomic E-state index is 11.6. The molecule has 3 heteroatoms. The lowest BCUT2D eigenvalue weighted by molar-refractivity contribution is -0.144. The third-order valence-electron chi connectivity index (χ3n) is 2.98. The van der Waals surface area contributed by atoms with E-state index >= 15 is 0 Å². The van der Waals surface area contributed by atoms with Crippen LogP contribution in [0.15, 0.2) is 29.3 Å². The molecule has 90 valence electrons.